The highest BCUT2D eigenvalue weighted by Gasteiger charge is 2.40. The van der Waals surface area contributed by atoms with E-state index in [4.69, 9.17) is 15.3 Å². The van der Waals surface area contributed by atoms with Crippen molar-refractivity contribution in [2.24, 2.45) is 5.84 Å². The van der Waals surface area contributed by atoms with Gasteiger partial charge < -0.3 is 9.47 Å². The fourth-order valence-corrected chi connectivity index (χ4v) is 3.05. The van der Waals surface area contributed by atoms with E-state index < -0.39 is 0 Å². The van der Waals surface area contributed by atoms with E-state index in [1.54, 1.807) is 7.11 Å². The summed E-state index contributed by atoms with van der Waals surface area (Å²) in [6.45, 7) is 5.73. The molecule has 0 radical (unpaired) electrons. The minimum absolute atomic E-state index is 0.0944. The quantitative estimate of drug-likeness (QED) is 0.638. The van der Waals surface area contributed by atoms with Gasteiger partial charge in [-0.25, -0.2) is 0 Å². The molecule has 1 fully saturated rings. The van der Waals surface area contributed by atoms with E-state index in [2.05, 4.69) is 37.5 Å². The van der Waals surface area contributed by atoms with E-state index in [1.807, 2.05) is 0 Å². The van der Waals surface area contributed by atoms with Crippen molar-refractivity contribution >= 4 is 0 Å². The van der Waals surface area contributed by atoms with Crippen molar-refractivity contribution in [2.45, 2.75) is 44.8 Å². The molecular formula is C16H26N2O2. The molecule has 1 aromatic rings. The summed E-state index contributed by atoms with van der Waals surface area (Å²) in [7, 11) is 1.78. The molecule has 0 saturated carbocycles. The Morgan fingerprint density at radius 2 is 2.05 bits per heavy atom. The lowest BCUT2D eigenvalue weighted by Gasteiger charge is -2.42. The van der Waals surface area contributed by atoms with Crippen LogP contribution in [0.5, 0.6) is 0 Å². The summed E-state index contributed by atoms with van der Waals surface area (Å²) in [4.78, 5) is 0. The number of nitrogens with one attached hydrogen (secondary N) is 1. The van der Waals surface area contributed by atoms with Gasteiger partial charge in [-0.2, -0.15) is 0 Å². The Balaban J connectivity index is 2.21. The Kier molecular flexibility index (Phi) is 5.16. The number of nitrogens with two attached hydrogens (primary N) is 1. The van der Waals surface area contributed by atoms with Gasteiger partial charge in [-0.3, -0.25) is 11.3 Å². The normalized spacial score (nSPS) is 19.8. The fraction of sp³-hybridized carbons (Fsp3) is 0.625. The second-order valence-electron chi connectivity index (χ2n) is 5.73. The third kappa shape index (κ3) is 3.20. The maximum Gasteiger partial charge on any atom is 0.0891 e. The van der Waals surface area contributed by atoms with Gasteiger partial charge in [0.2, 0.25) is 0 Å². The van der Waals surface area contributed by atoms with Crippen LogP contribution < -0.4 is 11.3 Å². The second-order valence-corrected chi connectivity index (χ2v) is 5.73. The SMILES string of the molecule is COC1(C(Cc2cc(C)ccc2C)NN)CCOCC1. The van der Waals surface area contributed by atoms with Crippen LogP contribution in [0.25, 0.3) is 0 Å². The summed E-state index contributed by atoms with van der Waals surface area (Å²) in [6.07, 6.45) is 2.63. The molecule has 4 heteroatoms. The van der Waals surface area contributed by atoms with Gasteiger partial charge in [0.1, 0.15) is 0 Å². The first-order chi connectivity index (χ1) is 9.61. The standard InChI is InChI=1S/C16H26N2O2/c1-12-4-5-13(2)14(10-12)11-15(18-17)16(19-3)6-8-20-9-7-16/h4-5,10,15,18H,6-9,11,17H2,1-3H3. The molecule has 4 nitrogen and oxygen atoms in total. The molecular weight excluding hydrogens is 252 g/mol. The van der Waals surface area contributed by atoms with Gasteiger partial charge in [-0.05, 0) is 31.4 Å². The highest BCUT2D eigenvalue weighted by Crippen LogP contribution is 2.30. The van der Waals surface area contributed by atoms with Crippen molar-refractivity contribution in [3.8, 4) is 0 Å². The lowest BCUT2D eigenvalue weighted by atomic mass is 9.82. The number of aryl methyl sites for hydroxylation is 2. The van der Waals surface area contributed by atoms with E-state index in [1.165, 1.54) is 16.7 Å². The Labute approximate surface area is 121 Å². The van der Waals surface area contributed by atoms with Gasteiger partial charge in [-0.15, -0.1) is 0 Å². The van der Waals surface area contributed by atoms with E-state index in [-0.39, 0.29) is 11.6 Å². The Morgan fingerprint density at radius 3 is 2.65 bits per heavy atom. The van der Waals surface area contributed by atoms with Gasteiger partial charge >= 0.3 is 0 Å². The number of methoxy groups -OCH3 is 1. The number of hydrazine groups is 1. The molecule has 1 aliphatic rings. The highest BCUT2D eigenvalue weighted by atomic mass is 16.5. The lowest BCUT2D eigenvalue weighted by Crippen LogP contribution is -2.58. The maximum atomic E-state index is 5.85. The molecule has 20 heavy (non-hydrogen) atoms. The fourth-order valence-electron chi connectivity index (χ4n) is 3.05. The summed E-state index contributed by atoms with van der Waals surface area (Å²) < 4.78 is 11.3. The third-order valence-corrected chi connectivity index (χ3v) is 4.51. The Morgan fingerprint density at radius 1 is 1.35 bits per heavy atom. The van der Waals surface area contributed by atoms with Crippen LogP contribution in [0.2, 0.25) is 0 Å². The van der Waals surface area contributed by atoms with Crippen LogP contribution >= 0.6 is 0 Å². The monoisotopic (exact) mass is 278 g/mol. The van der Waals surface area contributed by atoms with E-state index >= 15 is 0 Å². The van der Waals surface area contributed by atoms with E-state index in [0.717, 1.165) is 32.5 Å². The molecule has 0 aliphatic carbocycles. The number of ether oxygens (including phenoxy) is 2. The van der Waals surface area contributed by atoms with Crippen molar-refractivity contribution in [3.63, 3.8) is 0 Å². The maximum absolute atomic E-state index is 5.85. The summed E-state index contributed by atoms with van der Waals surface area (Å²) in [5.74, 6) is 5.83. The number of rotatable bonds is 5. The van der Waals surface area contributed by atoms with Gasteiger partial charge in [0, 0.05) is 33.2 Å². The van der Waals surface area contributed by atoms with Gasteiger partial charge in [-0.1, -0.05) is 23.8 Å². The average molecular weight is 278 g/mol. The second kappa shape index (κ2) is 6.68. The summed E-state index contributed by atoms with van der Waals surface area (Å²) in [5, 5.41) is 0. The molecule has 0 amide bonds. The van der Waals surface area contributed by atoms with Crippen molar-refractivity contribution < 1.29 is 9.47 Å². The summed E-state index contributed by atoms with van der Waals surface area (Å²) in [6, 6.07) is 6.64. The zero-order valence-electron chi connectivity index (χ0n) is 12.7. The first kappa shape index (κ1) is 15.4. The third-order valence-electron chi connectivity index (χ3n) is 4.51. The average Bonchev–Trinajstić information content (AvgIpc) is 2.48. The summed E-state index contributed by atoms with van der Waals surface area (Å²) >= 11 is 0. The number of hydrogen-bond donors (Lipinski definition) is 2. The molecule has 1 aromatic carbocycles. The molecule has 0 spiro atoms. The Hall–Kier alpha value is -0.940. The lowest BCUT2D eigenvalue weighted by molar-refractivity contribution is -0.110. The molecule has 0 bridgehead atoms. The van der Waals surface area contributed by atoms with Gasteiger partial charge in [0.25, 0.3) is 0 Å². The molecule has 0 aromatic heterocycles. The molecule has 1 aliphatic heterocycles. The highest BCUT2D eigenvalue weighted by molar-refractivity contribution is 5.31. The zero-order valence-corrected chi connectivity index (χ0v) is 12.7. The minimum atomic E-state index is -0.233. The van der Waals surface area contributed by atoms with Crippen molar-refractivity contribution in [1.29, 1.82) is 0 Å². The van der Waals surface area contributed by atoms with Crippen molar-refractivity contribution in [2.75, 3.05) is 20.3 Å². The smallest absolute Gasteiger partial charge is 0.0891 e. The van der Waals surface area contributed by atoms with Crippen LogP contribution in [0.4, 0.5) is 0 Å². The molecule has 1 saturated heterocycles. The molecule has 1 atom stereocenters. The van der Waals surface area contributed by atoms with E-state index in [9.17, 15) is 0 Å². The van der Waals surface area contributed by atoms with Crippen molar-refractivity contribution in [1.82, 2.24) is 5.43 Å². The van der Waals surface area contributed by atoms with E-state index in [0.29, 0.717) is 0 Å². The first-order valence-corrected chi connectivity index (χ1v) is 7.26. The molecule has 1 heterocycles. The molecule has 3 N–H and O–H groups in total. The van der Waals surface area contributed by atoms with Crippen LogP contribution in [-0.2, 0) is 15.9 Å². The predicted octanol–water partition coefficient (Wildman–Crippen LogP) is 1.87. The first-order valence-electron chi connectivity index (χ1n) is 7.26. The van der Waals surface area contributed by atoms with Crippen LogP contribution in [0.1, 0.15) is 29.5 Å². The van der Waals surface area contributed by atoms with Crippen LogP contribution in [0.15, 0.2) is 18.2 Å². The van der Waals surface area contributed by atoms with Gasteiger partial charge in [0.05, 0.1) is 11.6 Å². The zero-order chi connectivity index (χ0) is 14.6. The van der Waals surface area contributed by atoms with Crippen molar-refractivity contribution in [3.05, 3.63) is 34.9 Å². The number of hydrogen-bond acceptors (Lipinski definition) is 4. The molecule has 2 rings (SSSR count). The predicted molar refractivity (Wildman–Crippen MR) is 80.5 cm³/mol. The topological polar surface area (TPSA) is 56.5 Å². The molecule has 112 valence electrons. The van der Waals surface area contributed by atoms with Crippen LogP contribution in [0, 0.1) is 13.8 Å². The van der Waals surface area contributed by atoms with Gasteiger partial charge in [0.15, 0.2) is 0 Å². The van der Waals surface area contributed by atoms with Crippen LogP contribution in [0.3, 0.4) is 0 Å². The van der Waals surface area contributed by atoms with Crippen LogP contribution in [-0.4, -0.2) is 32.0 Å². The largest absolute Gasteiger partial charge is 0.381 e. The molecule has 1 unspecified atom stereocenters. The minimum Gasteiger partial charge on any atom is -0.381 e. The summed E-state index contributed by atoms with van der Waals surface area (Å²) in [5.41, 5.74) is 6.65. The Bertz CT molecular complexity index is 442. The number of benzene rings is 1.